The Morgan fingerprint density at radius 2 is 1.37 bits per heavy atom. The molecule has 1 rings (SSSR count). The summed E-state index contributed by atoms with van der Waals surface area (Å²) < 4.78 is -1.75. The minimum Gasteiger partial charge on any atom is -0.339 e. The van der Waals surface area contributed by atoms with Gasteiger partial charge in [-0.15, -0.1) is 0 Å². The second-order valence-corrected chi connectivity index (χ2v) is 12.2. The molecule has 35 heavy (non-hydrogen) atoms. The third-order valence-electron chi connectivity index (χ3n) is 6.05. The van der Waals surface area contributed by atoms with Crippen LogP contribution in [0.25, 0.3) is 0 Å². The Balaban J connectivity index is 2.23. The zero-order valence-electron chi connectivity index (χ0n) is 21.7. The summed E-state index contributed by atoms with van der Waals surface area (Å²) in [7, 11) is 0. The first-order valence-corrected chi connectivity index (χ1v) is 14.7. The topological polar surface area (TPSA) is 53.2 Å². The van der Waals surface area contributed by atoms with Crippen LogP contribution in [-0.2, 0) is 4.79 Å². The first kappa shape index (κ1) is 32.3. The smallest absolute Gasteiger partial charge is 0.228 e. The van der Waals surface area contributed by atoms with Crippen molar-refractivity contribution in [3.63, 3.8) is 0 Å². The summed E-state index contributed by atoms with van der Waals surface area (Å²) in [5.74, 6) is -0.161. The Kier molecular flexibility index (Phi) is 17.1. The number of unbranched alkanes of at least 4 members (excludes halogenated alkanes) is 12. The SMILES string of the molecule is CCCCCCCCCCCCCCCC(=O)NC(NC(=S)Nc1ccc(C)cc1C)C(Cl)(Cl)Cl. The van der Waals surface area contributed by atoms with Crippen LogP contribution in [0.1, 0.15) is 108 Å². The van der Waals surface area contributed by atoms with E-state index in [1.54, 1.807) is 0 Å². The highest BCUT2D eigenvalue weighted by molar-refractivity contribution is 7.80. The van der Waals surface area contributed by atoms with E-state index >= 15 is 0 Å². The van der Waals surface area contributed by atoms with Gasteiger partial charge >= 0.3 is 0 Å². The lowest BCUT2D eigenvalue weighted by Crippen LogP contribution is -2.56. The first-order valence-electron chi connectivity index (χ1n) is 13.1. The van der Waals surface area contributed by atoms with Gasteiger partial charge < -0.3 is 16.0 Å². The normalized spacial score (nSPS) is 12.3. The van der Waals surface area contributed by atoms with E-state index in [9.17, 15) is 4.79 Å². The van der Waals surface area contributed by atoms with Crippen molar-refractivity contribution in [1.82, 2.24) is 10.6 Å². The fraction of sp³-hybridized carbons (Fsp3) is 0.704. The van der Waals surface area contributed by atoms with Gasteiger partial charge in [-0.25, -0.2) is 0 Å². The number of hydrogen-bond donors (Lipinski definition) is 3. The van der Waals surface area contributed by atoms with Gasteiger partial charge in [0.2, 0.25) is 9.70 Å². The lowest BCUT2D eigenvalue weighted by atomic mass is 10.0. The number of rotatable bonds is 17. The van der Waals surface area contributed by atoms with Crippen LogP contribution in [0.2, 0.25) is 0 Å². The molecule has 1 atom stereocenters. The number of aryl methyl sites for hydroxylation is 2. The van der Waals surface area contributed by atoms with Gasteiger partial charge in [-0.2, -0.15) is 0 Å². The molecule has 0 aromatic heterocycles. The zero-order valence-corrected chi connectivity index (χ0v) is 24.7. The molecule has 1 amide bonds. The van der Waals surface area contributed by atoms with Crippen LogP contribution in [0.3, 0.4) is 0 Å². The Hall–Kier alpha value is -0.750. The molecule has 0 aliphatic rings. The largest absolute Gasteiger partial charge is 0.339 e. The number of amides is 1. The Morgan fingerprint density at radius 3 is 1.86 bits per heavy atom. The Morgan fingerprint density at radius 1 is 0.857 bits per heavy atom. The molecule has 0 fully saturated rings. The van der Waals surface area contributed by atoms with E-state index < -0.39 is 9.96 Å². The van der Waals surface area contributed by atoms with Crippen LogP contribution >= 0.6 is 47.0 Å². The van der Waals surface area contributed by atoms with Crippen molar-refractivity contribution in [3.05, 3.63) is 29.3 Å². The van der Waals surface area contributed by atoms with Gasteiger partial charge in [0.25, 0.3) is 0 Å². The van der Waals surface area contributed by atoms with Gasteiger partial charge in [0.1, 0.15) is 6.17 Å². The van der Waals surface area contributed by atoms with Crippen molar-refractivity contribution in [2.24, 2.45) is 0 Å². The quantitative estimate of drug-likeness (QED) is 0.0765. The highest BCUT2D eigenvalue weighted by Gasteiger charge is 2.34. The molecular weight excluding hydrogens is 521 g/mol. The van der Waals surface area contributed by atoms with Gasteiger partial charge in [0, 0.05) is 12.1 Å². The predicted molar refractivity (Wildman–Crippen MR) is 158 cm³/mol. The first-order chi connectivity index (χ1) is 16.6. The van der Waals surface area contributed by atoms with E-state index in [0.29, 0.717) is 6.42 Å². The maximum absolute atomic E-state index is 12.4. The maximum atomic E-state index is 12.4. The third-order valence-corrected chi connectivity index (χ3v) is 6.92. The monoisotopic (exact) mass is 563 g/mol. The van der Waals surface area contributed by atoms with E-state index in [1.807, 2.05) is 26.0 Å². The van der Waals surface area contributed by atoms with E-state index in [4.69, 9.17) is 47.0 Å². The second-order valence-electron chi connectivity index (χ2n) is 9.45. The average Bonchev–Trinajstić information content (AvgIpc) is 2.78. The predicted octanol–water partition coefficient (Wildman–Crippen LogP) is 8.88. The van der Waals surface area contributed by atoms with Crippen LogP contribution in [0.4, 0.5) is 5.69 Å². The van der Waals surface area contributed by atoms with Gasteiger partial charge in [-0.1, -0.05) is 136 Å². The summed E-state index contributed by atoms with van der Waals surface area (Å²) in [6.07, 6.45) is 15.9. The molecule has 4 nitrogen and oxygen atoms in total. The van der Waals surface area contributed by atoms with E-state index in [-0.39, 0.29) is 11.0 Å². The minimum atomic E-state index is -1.75. The van der Waals surface area contributed by atoms with Gasteiger partial charge in [-0.05, 0) is 44.1 Å². The second kappa shape index (κ2) is 18.5. The number of nitrogens with one attached hydrogen (secondary N) is 3. The van der Waals surface area contributed by atoms with Crippen LogP contribution in [0.5, 0.6) is 0 Å². The van der Waals surface area contributed by atoms with E-state index in [0.717, 1.165) is 36.1 Å². The molecule has 0 aliphatic heterocycles. The van der Waals surface area contributed by atoms with Crippen molar-refractivity contribution in [3.8, 4) is 0 Å². The molecular formula is C27H44Cl3N3OS. The molecule has 0 heterocycles. The number of carbonyl (C=O) groups is 1. The molecule has 0 saturated heterocycles. The summed E-state index contributed by atoms with van der Waals surface area (Å²) in [4.78, 5) is 12.4. The van der Waals surface area contributed by atoms with Gasteiger partial charge in [-0.3, -0.25) is 4.79 Å². The number of alkyl halides is 3. The molecule has 1 aromatic carbocycles. The van der Waals surface area contributed by atoms with Gasteiger partial charge in [0.15, 0.2) is 5.11 Å². The van der Waals surface area contributed by atoms with Crippen LogP contribution in [-0.4, -0.2) is 21.0 Å². The Bertz CT molecular complexity index is 756. The van der Waals surface area contributed by atoms with Crippen molar-refractivity contribution in [2.45, 2.75) is 121 Å². The van der Waals surface area contributed by atoms with Crippen molar-refractivity contribution < 1.29 is 4.79 Å². The van der Waals surface area contributed by atoms with Crippen molar-refractivity contribution in [2.75, 3.05) is 5.32 Å². The van der Waals surface area contributed by atoms with Gasteiger partial charge in [0.05, 0.1) is 0 Å². The maximum Gasteiger partial charge on any atom is 0.228 e. The molecule has 200 valence electrons. The number of anilines is 1. The summed E-state index contributed by atoms with van der Waals surface area (Å²) in [5, 5.41) is 9.06. The highest BCUT2D eigenvalue weighted by Crippen LogP contribution is 2.29. The summed E-state index contributed by atoms with van der Waals surface area (Å²) >= 11 is 23.7. The lowest BCUT2D eigenvalue weighted by Gasteiger charge is -2.28. The molecule has 0 spiro atoms. The van der Waals surface area contributed by atoms with E-state index in [1.165, 1.54) is 64.2 Å². The van der Waals surface area contributed by atoms with Crippen LogP contribution in [0.15, 0.2) is 18.2 Å². The van der Waals surface area contributed by atoms with Crippen molar-refractivity contribution in [1.29, 1.82) is 0 Å². The summed E-state index contributed by atoms with van der Waals surface area (Å²) in [6.45, 7) is 6.27. The molecule has 1 aromatic rings. The molecule has 0 saturated carbocycles. The average molecular weight is 565 g/mol. The van der Waals surface area contributed by atoms with E-state index in [2.05, 4.69) is 28.9 Å². The fourth-order valence-electron chi connectivity index (χ4n) is 3.98. The summed E-state index contributed by atoms with van der Waals surface area (Å²) in [6, 6.07) is 5.98. The Labute approximate surface area is 233 Å². The molecule has 1 unspecified atom stereocenters. The molecule has 0 bridgehead atoms. The zero-order chi connectivity index (χ0) is 26.1. The molecule has 3 N–H and O–H groups in total. The molecule has 0 radical (unpaired) electrons. The molecule has 8 heteroatoms. The lowest BCUT2D eigenvalue weighted by molar-refractivity contribution is -0.122. The fourth-order valence-corrected chi connectivity index (χ4v) is 4.53. The minimum absolute atomic E-state index is 0.161. The highest BCUT2D eigenvalue weighted by atomic mass is 35.6. The number of carbonyl (C=O) groups excluding carboxylic acids is 1. The number of halogens is 3. The number of benzene rings is 1. The standard InChI is InChI=1S/C27H44Cl3N3OS/c1-4-5-6-7-8-9-10-11-12-13-14-15-16-17-24(34)32-25(27(28,29)30)33-26(35)31-23-19-18-21(2)20-22(23)3/h18-20,25H,4-17H2,1-3H3,(H,32,34)(H2,31,33,35). The number of hydrogen-bond acceptors (Lipinski definition) is 2. The summed E-state index contributed by atoms with van der Waals surface area (Å²) in [5.41, 5.74) is 3.06. The van der Waals surface area contributed by atoms with Crippen molar-refractivity contribution >= 4 is 63.7 Å². The van der Waals surface area contributed by atoms with Crippen LogP contribution in [0, 0.1) is 13.8 Å². The van der Waals surface area contributed by atoms with Crippen LogP contribution < -0.4 is 16.0 Å². The third kappa shape index (κ3) is 15.9. The number of thiocarbonyl (C=S) groups is 1. The molecule has 0 aliphatic carbocycles.